The highest BCUT2D eigenvalue weighted by Crippen LogP contribution is 1.91. The average Bonchev–Trinajstić information content (AvgIpc) is 2.34. The summed E-state index contributed by atoms with van der Waals surface area (Å²) >= 11 is 0. The van der Waals surface area contributed by atoms with Crippen molar-refractivity contribution in [1.82, 2.24) is 9.78 Å². The molecule has 0 aliphatic carbocycles. The number of hydrogen-bond acceptors (Lipinski definition) is 2. The predicted octanol–water partition coefficient (Wildman–Crippen LogP) is 0.620. The van der Waals surface area contributed by atoms with Gasteiger partial charge in [0.05, 0.1) is 0 Å². The minimum atomic E-state index is 0.268. The first kappa shape index (κ1) is 7.28. The molecule has 0 saturated carbocycles. The van der Waals surface area contributed by atoms with Crippen LogP contribution >= 0.6 is 0 Å². The lowest BCUT2D eigenvalue weighted by Crippen LogP contribution is -2.17. The third kappa shape index (κ3) is 2.19. The van der Waals surface area contributed by atoms with Gasteiger partial charge in [-0.2, -0.15) is 5.10 Å². The maximum absolute atomic E-state index is 5.57. The highest BCUT2D eigenvalue weighted by Gasteiger charge is 1.93. The molecule has 0 aromatic carbocycles. The Hall–Kier alpha value is -0.830. The third-order valence-electron chi connectivity index (χ3n) is 1.37. The van der Waals surface area contributed by atoms with Gasteiger partial charge in [-0.25, -0.2) is 0 Å². The molecule has 1 heterocycles. The molecule has 0 unspecified atom stereocenters. The van der Waals surface area contributed by atoms with Gasteiger partial charge in [-0.3, -0.25) is 4.68 Å². The molecule has 56 valence electrons. The summed E-state index contributed by atoms with van der Waals surface area (Å²) in [5.74, 6) is 0. The molecule has 1 aromatic rings. The fourth-order valence-electron chi connectivity index (χ4n) is 0.769. The quantitative estimate of drug-likeness (QED) is 0.667. The summed E-state index contributed by atoms with van der Waals surface area (Å²) in [6.45, 7) is 2.92. The Labute approximate surface area is 60.8 Å². The van der Waals surface area contributed by atoms with Crippen molar-refractivity contribution >= 4 is 0 Å². The van der Waals surface area contributed by atoms with Crippen molar-refractivity contribution in [3.8, 4) is 0 Å². The van der Waals surface area contributed by atoms with Gasteiger partial charge in [0.1, 0.15) is 0 Å². The van der Waals surface area contributed by atoms with E-state index < -0.39 is 0 Å². The van der Waals surface area contributed by atoms with Gasteiger partial charge in [0.2, 0.25) is 0 Å². The molecule has 3 nitrogen and oxygen atoms in total. The van der Waals surface area contributed by atoms with Gasteiger partial charge in [0, 0.05) is 25.0 Å². The van der Waals surface area contributed by atoms with Gasteiger partial charge in [-0.1, -0.05) is 0 Å². The zero-order chi connectivity index (χ0) is 7.40. The minimum absolute atomic E-state index is 0.268. The van der Waals surface area contributed by atoms with E-state index in [1.807, 2.05) is 23.9 Å². The van der Waals surface area contributed by atoms with Gasteiger partial charge >= 0.3 is 0 Å². The molecular formula is C7H13N3. The van der Waals surface area contributed by atoms with Crippen molar-refractivity contribution in [3.63, 3.8) is 0 Å². The third-order valence-corrected chi connectivity index (χ3v) is 1.37. The van der Waals surface area contributed by atoms with Crippen LogP contribution in [0.3, 0.4) is 0 Å². The number of hydrogen-bond donors (Lipinski definition) is 1. The molecule has 0 aliphatic rings. The molecule has 1 aromatic heterocycles. The molecule has 0 radical (unpaired) electrons. The van der Waals surface area contributed by atoms with E-state index in [0.717, 1.165) is 13.0 Å². The van der Waals surface area contributed by atoms with E-state index in [1.54, 1.807) is 6.20 Å². The first-order valence-corrected chi connectivity index (χ1v) is 3.52. The minimum Gasteiger partial charge on any atom is -0.328 e. The van der Waals surface area contributed by atoms with Crippen molar-refractivity contribution < 1.29 is 0 Å². The van der Waals surface area contributed by atoms with E-state index in [4.69, 9.17) is 5.73 Å². The van der Waals surface area contributed by atoms with Gasteiger partial charge < -0.3 is 5.73 Å². The topological polar surface area (TPSA) is 43.8 Å². The largest absolute Gasteiger partial charge is 0.328 e. The molecule has 1 rings (SSSR count). The Balaban J connectivity index is 2.28. The standard InChI is InChI=1S/C7H13N3/c1-7(8)3-6-10-5-2-4-9-10/h2,4-5,7H,3,6,8H2,1H3/t7-/m0/s1. The van der Waals surface area contributed by atoms with Crippen molar-refractivity contribution in [2.45, 2.75) is 25.9 Å². The van der Waals surface area contributed by atoms with Crippen LogP contribution in [0.1, 0.15) is 13.3 Å². The summed E-state index contributed by atoms with van der Waals surface area (Å²) < 4.78 is 1.89. The molecule has 2 N–H and O–H groups in total. The van der Waals surface area contributed by atoms with E-state index in [9.17, 15) is 0 Å². The summed E-state index contributed by atoms with van der Waals surface area (Å²) in [4.78, 5) is 0. The van der Waals surface area contributed by atoms with Crippen LogP contribution in [0, 0.1) is 0 Å². The molecule has 0 bridgehead atoms. The first-order chi connectivity index (χ1) is 4.79. The maximum atomic E-state index is 5.57. The molecular weight excluding hydrogens is 126 g/mol. The number of aryl methyl sites for hydroxylation is 1. The second kappa shape index (κ2) is 3.37. The molecule has 3 heteroatoms. The maximum Gasteiger partial charge on any atom is 0.0489 e. The lowest BCUT2D eigenvalue weighted by molar-refractivity contribution is 0.530. The van der Waals surface area contributed by atoms with Crippen LogP contribution in [-0.4, -0.2) is 15.8 Å². The van der Waals surface area contributed by atoms with Crippen LogP contribution in [0.25, 0.3) is 0 Å². The van der Waals surface area contributed by atoms with Crippen molar-refractivity contribution in [2.24, 2.45) is 5.73 Å². The fourth-order valence-corrected chi connectivity index (χ4v) is 0.769. The van der Waals surface area contributed by atoms with Crippen molar-refractivity contribution in [1.29, 1.82) is 0 Å². The SMILES string of the molecule is C[C@H](N)CCn1cccn1. The van der Waals surface area contributed by atoms with Crippen LogP contribution in [-0.2, 0) is 6.54 Å². The summed E-state index contributed by atoms with van der Waals surface area (Å²) in [6, 6.07) is 2.19. The zero-order valence-electron chi connectivity index (χ0n) is 6.20. The van der Waals surface area contributed by atoms with Crippen molar-refractivity contribution in [3.05, 3.63) is 18.5 Å². The van der Waals surface area contributed by atoms with Gasteiger partial charge in [-0.15, -0.1) is 0 Å². The average molecular weight is 139 g/mol. The van der Waals surface area contributed by atoms with Gasteiger partial charge in [0.25, 0.3) is 0 Å². The molecule has 0 spiro atoms. The van der Waals surface area contributed by atoms with E-state index in [1.165, 1.54) is 0 Å². The van der Waals surface area contributed by atoms with Crippen LogP contribution in [0.5, 0.6) is 0 Å². The van der Waals surface area contributed by atoms with E-state index in [2.05, 4.69) is 5.10 Å². The predicted molar refractivity (Wildman–Crippen MR) is 40.5 cm³/mol. The summed E-state index contributed by atoms with van der Waals surface area (Å²) in [5.41, 5.74) is 5.57. The highest BCUT2D eigenvalue weighted by molar-refractivity contribution is 4.77. The van der Waals surface area contributed by atoms with Crippen LogP contribution in [0.15, 0.2) is 18.5 Å². The molecule has 1 atom stereocenters. The molecule has 0 saturated heterocycles. The lowest BCUT2D eigenvalue weighted by atomic mass is 10.2. The van der Waals surface area contributed by atoms with Crippen molar-refractivity contribution in [2.75, 3.05) is 0 Å². The second-order valence-electron chi connectivity index (χ2n) is 2.54. The van der Waals surface area contributed by atoms with Crippen LogP contribution in [0.4, 0.5) is 0 Å². The molecule has 0 amide bonds. The smallest absolute Gasteiger partial charge is 0.0489 e. The fraction of sp³-hybridized carbons (Fsp3) is 0.571. The lowest BCUT2D eigenvalue weighted by Gasteiger charge is -2.03. The number of aromatic nitrogens is 2. The van der Waals surface area contributed by atoms with Crippen LogP contribution in [0.2, 0.25) is 0 Å². The Morgan fingerprint density at radius 1 is 1.70 bits per heavy atom. The summed E-state index contributed by atoms with van der Waals surface area (Å²) in [6.07, 6.45) is 4.71. The zero-order valence-corrected chi connectivity index (χ0v) is 6.20. The highest BCUT2D eigenvalue weighted by atomic mass is 15.3. The summed E-state index contributed by atoms with van der Waals surface area (Å²) in [7, 11) is 0. The number of rotatable bonds is 3. The Morgan fingerprint density at radius 2 is 2.50 bits per heavy atom. The summed E-state index contributed by atoms with van der Waals surface area (Å²) in [5, 5.41) is 4.05. The van der Waals surface area contributed by atoms with Crippen LogP contribution < -0.4 is 5.73 Å². The van der Waals surface area contributed by atoms with Gasteiger partial charge in [-0.05, 0) is 19.4 Å². The first-order valence-electron chi connectivity index (χ1n) is 3.52. The molecule has 10 heavy (non-hydrogen) atoms. The molecule has 0 fully saturated rings. The van der Waals surface area contributed by atoms with E-state index in [-0.39, 0.29) is 6.04 Å². The van der Waals surface area contributed by atoms with E-state index >= 15 is 0 Å². The Bertz CT molecular complexity index is 167. The van der Waals surface area contributed by atoms with Gasteiger partial charge in [0.15, 0.2) is 0 Å². The van der Waals surface area contributed by atoms with E-state index in [0.29, 0.717) is 0 Å². The Kier molecular flexibility index (Phi) is 2.45. The monoisotopic (exact) mass is 139 g/mol. The normalized spacial score (nSPS) is 13.4. The Morgan fingerprint density at radius 3 is 3.00 bits per heavy atom. The second-order valence-corrected chi connectivity index (χ2v) is 2.54. The number of nitrogens with zero attached hydrogens (tertiary/aromatic N) is 2. The molecule has 0 aliphatic heterocycles. The number of nitrogens with two attached hydrogens (primary N) is 1.